The van der Waals surface area contributed by atoms with Crippen molar-refractivity contribution in [3.63, 3.8) is 0 Å². The van der Waals surface area contributed by atoms with Crippen molar-refractivity contribution in [2.24, 2.45) is 0 Å². The third kappa shape index (κ3) is 12.9. The summed E-state index contributed by atoms with van der Waals surface area (Å²) in [6.45, 7) is 11.6. The lowest BCUT2D eigenvalue weighted by atomic mass is 10.1. The summed E-state index contributed by atoms with van der Waals surface area (Å²) < 4.78 is 31.6. The maximum atomic E-state index is 8.89. The summed E-state index contributed by atoms with van der Waals surface area (Å²) in [6, 6.07) is 11.9. The van der Waals surface area contributed by atoms with E-state index in [1.807, 2.05) is 38.1 Å². The Kier molecular flexibility index (Phi) is 14.1. The standard InChI is InChI=1S/2C11H18N2O.H2O4S/c2*1-3-13(6-7-14)10-4-5-11(12)9(2)8-10;1-5(2,3)4/h2*4-5,8,14H,3,6-7,12H2,1-2H3;(H2,1,2,3,4). The zero-order valence-electron chi connectivity index (χ0n) is 19.8. The summed E-state index contributed by atoms with van der Waals surface area (Å²) in [5, 5.41) is 17.8. The lowest BCUT2D eigenvalue weighted by molar-refractivity contribution is 0.302. The topological polar surface area (TPSA) is 174 Å². The Balaban J connectivity index is 0.000000517. The van der Waals surface area contributed by atoms with Gasteiger partial charge in [0.15, 0.2) is 0 Å². The summed E-state index contributed by atoms with van der Waals surface area (Å²) in [5.74, 6) is 0. The van der Waals surface area contributed by atoms with Crippen LogP contribution in [0.5, 0.6) is 0 Å². The van der Waals surface area contributed by atoms with Gasteiger partial charge in [0, 0.05) is 48.9 Å². The molecular formula is C22H38N4O6S. The molecule has 0 aromatic heterocycles. The zero-order valence-corrected chi connectivity index (χ0v) is 20.6. The Hall–Kier alpha value is -2.57. The van der Waals surface area contributed by atoms with Gasteiger partial charge in [-0.1, -0.05) is 0 Å². The van der Waals surface area contributed by atoms with Gasteiger partial charge in [0.25, 0.3) is 0 Å². The van der Waals surface area contributed by atoms with Crippen molar-refractivity contribution in [2.75, 3.05) is 60.7 Å². The Morgan fingerprint density at radius 3 is 1.27 bits per heavy atom. The number of nitrogens with zero attached hydrogens (tertiary/aromatic N) is 2. The van der Waals surface area contributed by atoms with Gasteiger partial charge >= 0.3 is 10.4 Å². The van der Waals surface area contributed by atoms with Crippen LogP contribution in [0.15, 0.2) is 36.4 Å². The smallest absolute Gasteiger partial charge is 0.394 e. The van der Waals surface area contributed by atoms with Crippen LogP contribution in [-0.4, -0.2) is 67.1 Å². The molecule has 2 aromatic rings. The number of nitrogens with two attached hydrogens (primary N) is 2. The third-order valence-electron chi connectivity index (χ3n) is 4.74. The number of benzene rings is 2. The molecule has 0 heterocycles. The van der Waals surface area contributed by atoms with Gasteiger partial charge in [0.1, 0.15) is 0 Å². The van der Waals surface area contributed by atoms with Crippen LogP contribution in [0.4, 0.5) is 22.7 Å². The highest BCUT2D eigenvalue weighted by Gasteiger charge is 2.05. The highest BCUT2D eigenvalue weighted by molar-refractivity contribution is 7.79. The van der Waals surface area contributed by atoms with E-state index in [-0.39, 0.29) is 13.2 Å². The molecule has 10 nitrogen and oxygen atoms in total. The van der Waals surface area contributed by atoms with E-state index in [4.69, 9.17) is 39.2 Å². The molecule has 0 saturated heterocycles. The summed E-state index contributed by atoms with van der Waals surface area (Å²) in [5.41, 5.74) is 17.5. The Labute approximate surface area is 197 Å². The fourth-order valence-electron chi connectivity index (χ4n) is 2.89. The number of nitrogen functional groups attached to an aromatic ring is 2. The number of hydrogen-bond acceptors (Lipinski definition) is 8. The maximum absolute atomic E-state index is 8.89. The second-order valence-electron chi connectivity index (χ2n) is 7.14. The Morgan fingerprint density at radius 1 is 0.758 bits per heavy atom. The van der Waals surface area contributed by atoms with E-state index in [2.05, 4.69) is 35.8 Å². The second kappa shape index (κ2) is 15.3. The number of hydrogen-bond donors (Lipinski definition) is 6. The molecule has 0 aliphatic heterocycles. The van der Waals surface area contributed by atoms with Gasteiger partial charge in [-0.05, 0) is 75.2 Å². The van der Waals surface area contributed by atoms with E-state index < -0.39 is 10.4 Å². The molecule has 0 unspecified atom stereocenters. The molecule has 0 bridgehead atoms. The van der Waals surface area contributed by atoms with Gasteiger partial charge in [-0.3, -0.25) is 9.11 Å². The van der Waals surface area contributed by atoms with Crippen molar-refractivity contribution in [1.29, 1.82) is 0 Å². The van der Waals surface area contributed by atoms with Crippen molar-refractivity contribution < 1.29 is 27.7 Å². The molecule has 11 heteroatoms. The molecule has 0 spiro atoms. The highest BCUT2D eigenvalue weighted by Crippen LogP contribution is 2.21. The fourth-order valence-corrected chi connectivity index (χ4v) is 2.89. The van der Waals surface area contributed by atoms with Gasteiger partial charge in [-0.2, -0.15) is 8.42 Å². The Bertz CT molecular complexity index is 871. The van der Waals surface area contributed by atoms with Crippen molar-refractivity contribution in [1.82, 2.24) is 0 Å². The molecule has 188 valence electrons. The first-order valence-electron chi connectivity index (χ1n) is 10.5. The minimum atomic E-state index is -4.67. The quantitative estimate of drug-likeness (QED) is 0.240. The van der Waals surface area contributed by atoms with E-state index in [1.54, 1.807) is 0 Å². The molecule has 0 fully saturated rings. The van der Waals surface area contributed by atoms with Gasteiger partial charge in [0.05, 0.1) is 13.2 Å². The molecule has 0 aliphatic carbocycles. The molecule has 0 atom stereocenters. The average molecular weight is 487 g/mol. The van der Waals surface area contributed by atoms with Crippen LogP contribution < -0.4 is 21.3 Å². The minimum Gasteiger partial charge on any atom is -0.399 e. The lowest BCUT2D eigenvalue weighted by Crippen LogP contribution is -2.26. The number of aliphatic hydroxyl groups is 2. The molecule has 2 rings (SSSR count). The number of rotatable bonds is 8. The molecular weight excluding hydrogens is 448 g/mol. The number of aryl methyl sites for hydroxylation is 2. The van der Waals surface area contributed by atoms with Crippen LogP contribution in [0.3, 0.4) is 0 Å². The van der Waals surface area contributed by atoms with Crippen LogP contribution in [0.1, 0.15) is 25.0 Å². The second-order valence-corrected chi connectivity index (χ2v) is 8.03. The summed E-state index contributed by atoms with van der Waals surface area (Å²) in [6.07, 6.45) is 0. The van der Waals surface area contributed by atoms with Gasteiger partial charge in [-0.15, -0.1) is 0 Å². The van der Waals surface area contributed by atoms with Gasteiger partial charge < -0.3 is 31.5 Å². The van der Waals surface area contributed by atoms with Gasteiger partial charge in [0.2, 0.25) is 0 Å². The first-order valence-corrected chi connectivity index (χ1v) is 11.9. The van der Waals surface area contributed by atoms with Crippen molar-refractivity contribution in [2.45, 2.75) is 27.7 Å². The molecule has 0 saturated carbocycles. The van der Waals surface area contributed by atoms with Crippen LogP contribution in [0.25, 0.3) is 0 Å². The molecule has 33 heavy (non-hydrogen) atoms. The largest absolute Gasteiger partial charge is 0.399 e. The summed E-state index contributed by atoms with van der Waals surface area (Å²) in [7, 11) is -4.67. The van der Waals surface area contributed by atoms with Crippen LogP contribution in [0, 0.1) is 13.8 Å². The van der Waals surface area contributed by atoms with E-state index in [1.165, 1.54) is 0 Å². The summed E-state index contributed by atoms with van der Waals surface area (Å²) in [4.78, 5) is 4.24. The first kappa shape index (κ1) is 30.4. The predicted octanol–water partition coefficient (Wildman–Crippen LogP) is 2.14. The molecule has 0 amide bonds. The summed E-state index contributed by atoms with van der Waals surface area (Å²) >= 11 is 0. The zero-order chi connectivity index (χ0) is 25.6. The van der Waals surface area contributed by atoms with Crippen LogP contribution in [0.2, 0.25) is 0 Å². The van der Waals surface area contributed by atoms with Crippen molar-refractivity contribution in [3.05, 3.63) is 47.5 Å². The maximum Gasteiger partial charge on any atom is 0.394 e. The third-order valence-corrected chi connectivity index (χ3v) is 4.74. The molecule has 2 aromatic carbocycles. The SMILES string of the molecule is CCN(CCO)c1ccc(N)c(C)c1.CCN(CCO)c1ccc(N)c(C)c1.O=S(=O)(O)O. The number of anilines is 4. The number of aliphatic hydroxyl groups excluding tert-OH is 2. The minimum absolute atomic E-state index is 0.178. The molecule has 0 radical (unpaired) electrons. The number of likely N-dealkylation sites (N-methyl/N-ethyl adjacent to an activating group) is 2. The van der Waals surface area contributed by atoms with Crippen molar-refractivity contribution in [3.8, 4) is 0 Å². The van der Waals surface area contributed by atoms with Crippen molar-refractivity contribution >= 4 is 33.1 Å². The van der Waals surface area contributed by atoms with Gasteiger partial charge in [-0.25, -0.2) is 0 Å². The van der Waals surface area contributed by atoms with E-state index in [0.717, 1.165) is 47.0 Å². The monoisotopic (exact) mass is 486 g/mol. The van der Waals surface area contributed by atoms with E-state index in [9.17, 15) is 0 Å². The Morgan fingerprint density at radius 2 is 1.06 bits per heavy atom. The first-order chi connectivity index (χ1) is 15.4. The molecule has 8 N–H and O–H groups in total. The lowest BCUT2D eigenvalue weighted by Gasteiger charge is -2.22. The van der Waals surface area contributed by atoms with Crippen LogP contribution in [-0.2, 0) is 10.4 Å². The highest BCUT2D eigenvalue weighted by atomic mass is 32.3. The van der Waals surface area contributed by atoms with Crippen LogP contribution >= 0.6 is 0 Å². The molecule has 0 aliphatic rings. The van der Waals surface area contributed by atoms with E-state index >= 15 is 0 Å². The average Bonchev–Trinajstić information content (AvgIpc) is 2.73. The van der Waals surface area contributed by atoms with E-state index in [0.29, 0.717) is 13.1 Å². The fraction of sp³-hybridized carbons (Fsp3) is 0.455. The predicted molar refractivity (Wildman–Crippen MR) is 135 cm³/mol. The normalized spacial score (nSPS) is 10.4.